The van der Waals surface area contributed by atoms with Gasteiger partial charge in [-0.1, -0.05) is 15.9 Å². The van der Waals surface area contributed by atoms with Crippen LogP contribution in [0.5, 0.6) is 0 Å². The number of rotatable bonds is 5. The van der Waals surface area contributed by atoms with Crippen LogP contribution in [0.15, 0.2) is 34.6 Å². The molecule has 0 aromatic carbocycles. The fourth-order valence-corrected chi connectivity index (χ4v) is 2.86. The van der Waals surface area contributed by atoms with Crippen LogP contribution in [0.25, 0.3) is 0 Å². The normalized spacial score (nSPS) is 15.4. The molecule has 0 bridgehead atoms. The smallest absolute Gasteiger partial charge is 0.309 e. The van der Waals surface area contributed by atoms with E-state index in [9.17, 15) is 14.9 Å². The first kappa shape index (κ1) is 18.9. The number of carbonyl (C=O) groups excluding carboxylic acids is 2. The maximum Gasteiger partial charge on any atom is 0.309 e. The average molecular weight is 407 g/mol. The number of likely N-dealkylation sites (tertiary alicyclic amines) is 1. The highest BCUT2D eigenvalue weighted by Gasteiger charge is 2.29. The number of ether oxygens (including phenoxy) is 1. The molecule has 0 unspecified atom stereocenters. The molecule has 1 saturated heterocycles. The number of nitrogens with zero attached hydrogens (tertiary/aromatic N) is 3. The summed E-state index contributed by atoms with van der Waals surface area (Å²) >= 11 is 3.33. The molecule has 0 radical (unpaired) electrons. The number of pyridine rings is 1. The van der Waals surface area contributed by atoms with Crippen LogP contribution >= 0.6 is 15.9 Å². The number of amides is 1. The molecule has 132 valence electrons. The summed E-state index contributed by atoms with van der Waals surface area (Å²) in [7, 11) is 0. The van der Waals surface area contributed by atoms with E-state index in [2.05, 4.69) is 26.2 Å². The molecule has 2 heterocycles. The molecule has 1 fully saturated rings. The zero-order chi connectivity index (χ0) is 18.2. The average Bonchev–Trinajstić information content (AvgIpc) is 2.62. The lowest BCUT2D eigenvalue weighted by molar-refractivity contribution is -0.150. The van der Waals surface area contributed by atoms with Crippen molar-refractivity contribution in [2.24, 2.45) is 5.92 Å². The second-order valence-electron chi connectivity index (χ2n) is 5.49. The van der Waals surface area contributed by atoms with E-state index in [-0.39, 0.29) is 23.4 Å². The van der Waals surface area contributed by atoms with Crippen molar-refractivity contribution in [3.8, 4) is 6.07 Å². The molecule has 8 heteroatoms. The van der Waals surface area contributed by atoms with Crippen molar-refractivity contribution in [2.45, 2.75) is 19.8 Å². The fourth-order valence-electron chi connectivity index (χ4n) is 2.52. The Morgan fingerprint density at radius 3 is 2.84 bits per heavy atom. The first-order valence-corrected chi connectivity index (χ1v) is 8.78. The van der Waals surface area contributed by atoms with Gasteiger partial charge in [0.1, 0.15) is 17.5 Å². The lowest BCUT2D eigenvalue weighted by Crippen LogP contribution is -2.41. The van der Waals surface area contributed by atoms with E-state index in [0.717, 1.165) is 4.47 Å². The first-order chi connectivity index (χ1) is 12.0. The number of carbonyl (C=O) groups is 2. The lowest BCUT2D eigenvalue weighted by atomic mass is 9.96. The number of aromatic nitrogens is 1. The van der Waals surface area contributed by atoms with Gasteiger partial charge in [-0.3, -0.25) is 9.59 Å². The fraction of sp³-hybridized carbons (Fsp3) is 0.412. The molecular weight excluding hydrogens is 388 g/mol. The Morgan fingerprint density at radius 1 is 1.52 bits per heavy atom. The minimum absolute atomic E-state index is 0.00337. The van der Waals surface area contributed by atoms with Gasteiger partial charge in [-0.2, -0.15) is 5.26 Å². The number of hydrogen-bond donors (Lipinski definition) is 1. The van der Waals surface area contributed by atoms with Crippen molar-refractivity contribution in [2.75, 3.05) is 25.0 Å². The van der Waals surface area contributed by atoms with Crippen molar-refractivity contribution in [1.29, 1.82) is 5.26 Å². The molecule has 7 nitrogen and oxygen atoms in total. The third kappa shape index (κ3) is 5.29. The lowest BCUT2D eigenvalue weighted by Gasteiger charge is -2.30. The summed E-state index contributed by atoms with van der Waals surface area (Å²) in [6, 6.07) is 5.43. The van der Waals surface area contributed by atoms with Gasteiger partial charge in [-0.25, -0.2) is 4.98 Å². The van der Waals surface area contributed by atoms with E-state index in [1.807, 2.05) is 6.07 Å². The molecule has 1 amide bonds. The highest BCUT2D eigenvalue weighted by Crippen LogP contribution is 2.20. The van der Waals surface area contributed by atoms with E-state index in [0.29, 0.717) is 38.4 Å². The van der Waals surface area contributed by atoms with E-state index >= 15 is 0 Å². The van der Waals surface area contributed by atoms with Gasteiger partial charge in [-0.05, 0) is 31.9 Å². The minimum atomic E-state index is -0.354. The Morgan fingerprint density at radius 2 is 2.24 bits per heavy atom. The first-order valence-electron chi connectivity index (χ1n) is 7.99. The Labute approximate surface area is 154 Å². The molecule has 1 aliphatic rings. The Balaban J connectivity index is 1.95. The highest BCUT2D eigenvalue weighted by molar-refractivity contribution is 9.10. The Hall–Kier alpha value is -2.40. The van der Waals surface area contributed by atoms with Crippen LogP contribution in [0.1, 0.15) is 19.8 Å². The van der Waals surface area contributed by atoms with Gasteiger partial charge in [-0.15, -0.1) is 0 Å². The van der Waals surface area contributed by atoms with Gasteiger partial charge in [0.15, 0.2) is 0 Å². The molecule has 0 aliphatic carbocycles. The maximum absolute atomic E-state index is 12.5. The second kappa shape index (κ2) is 9.18. The number of nitriles is 1. The SMILES string of the molecule is CCOC(=O)C1CCN(C(=O)/C(C#N)=C\Nc2cc(Br)ccn2)CC1. The van der Waals surface area contributed by atoms with Crippen LogP contribution in [0.3, 0.4) is 0 Å². The van der Waals surface area contributed by atoms with Crippen LogP contribution in [-0.4, -0.2) is 41.5 Å². The van der Waals surface area contributed by atoms with Crippen LogP contribution in [0.2, 0.25) is 0 Å². The summed E-state index contributed by atoms with van der Waals surface area (Å²) in [5.41, 5.74) is -0.00337. The third-order valence-electron chi connectivity index (χ3n) is 3.84. The maximum atomic E-state index is 12.5. The van der Waals surface area contributed by atoms with Gasteiger partial charge in [0.25, 0.3) is 5.91 Å². The number of halogens is 1. The van der Waals surface area contributed by atoms with Crippen LogP contribution in [-0.2, 0) is 14.3 Å². The molecule has 1 N–H and O–H groups in total. The third-order valence-corrected chi connectivity index (χ3v) is 4.33. The largest absolute Gasteiger partial charge is 0.466 e. The van der Waals surface area contributed by atoms with Gasteiger partial charge in [0.05, 0.1) is 12.5 Å². The highest BCUT2D eigenvalue weighted by atomic mass is 79.9. The zero-order valence-electron chi connectivity index (χ0n) is 13.9. The monoisotopic (exact) mass is 406 g/mol. The molecule has 0 atom stereocenters. The van der Waals surface area contributed by atoms with E-state index in [1.165, 1.54) is 6.20 Å². The number of hydrogen-bond acceptors (Lipinski definition) is 6. The summed E-state index contributed by atoms with van der Waals surface area (Å²) in [4.78, 5) is 29.9. The summed E-state index contributed by atoms with van der Waals surface area (Å²) in [6.45, 7) is 2.98. The quantitative estimate of drug-likeness (QED) is 0.458. The van der Waals surface area contributed by atoms with Gasteiger partial charge in [0, 0.05) is 30.0 Å². The predicted molar refractivity (Wildman–Crippen MR) is 95.2 cm³/mol. The summed E-state index contributed by atoms with van der Waals surface area (Å²) in [5.74, 6) is -0.223. The van der Waals surface area contributed by atoms with Crippen molar-refractivity contribution in [3.63, 3.8) is 0 Å². The van der Waals surface area contributed by atoms with Crippen molar-refractivity contribution in [3.05, 3.63) is 34.6 Å². The van der Waals surface area contributed by atoms with Crippen molar-refractivity contribution < 1.29 is 14.3 Å². The summed E-state index contributed by atoms with van der Waals surface area (Å²) in [5, 5.41) is 12.1. The Bertz CT molecular complexity index is 706. The molecular formula is C17H19BrN4O3. The molecule has 1 aromatic rings. The second-order valence-corrected chi connectivity index (χ2v) is 6.41. The summed E-state index contributed by atoms with van der Waals surface area (Å²) < 4.78 is 5.85. The minimum Gasteiger partial charge on any atom is -0.466 e. The van der Waals surface area contributed by atoms with Crippen LogP contribution < -0.4 is 5.32 Å². The summed E-state index contributed by atoms with van der Waals surface area (Å²) in [6.07, 6.45) is 4.05. The number of nitrogens with one attached hydrogen (secondary N) is 1. The van der Waals surface area contributed by atoms with E-state index in [1.54, 1.807) is 30.2 Å². The molecule has 1 aliphatic heterocycles. The van der Waals surface area contributed by atoms with Crippen LogP contribution in [0.4, 0.5) is 5.82 Å². The number of esters is 1. The van der Waals surface area contributed by atoms with Crippen molar-refractivity contribution >= 4 is 33.6 Å². The van der Waals surface area contributed by atoms with Gasteiger partial charge >= 0.3 is 5.97 Å². The standard InChI is InChI=1S/C17H19BrN4O3/c1-2-25-17(24)12-4-7-22(8-5-12)16(23)13(10-19)11-21-15-9-14(18)3-6-20-15/h3,6,9,11-12H,2,4-5,7-8H2,1H3,(H,20,21)/b13-11-. The molecule has 0 spiro atoms. The van der Waals surface area contributed by atoms with E-state index in [4.69, 9.17) is 4.74 Å². The van der Waals surface area contributed by atoms with Gasteiger partial charge < -0.3 is 15.0 Å². The van der Waals surface area contributed by atoms with Crippen molar-refractivity contribution in [1.82, 2.24) is 9.88 Å². The molecule has 2 rings (SSSR count). The topological polar surface area (TPSA) is 95.3 Å². The molecule has 0 saturated carbocycles. The Kier molecular flexibility index (Phi) is 6.95. The van der Waals surface area contributed by atoms with Crippen LogP contribution in [0, 0.1) is 17.2 Å². The molecule has 25 heavy (non-hydrogen) atoms. The number of anilines is 1. The zero-order valence-corrected chi connectivity index (χ0v) is 15.5. The number of piperidine rings is 1. The molecule has 1 aromatic heterocycles. The van der Waals surface area contributed by atoms with Gasteiger partial charge in [0.2, 0.25) is 0 Å². The predicted octanol–water partition coefficient (Wildman–Crippen LogP) is 2.47. The van der Waals surface area contributed by atoms with E-state index < -0.39 is 0 Å².